The van der Waals surface area contributed by atoms with Gasteiger partial charge in [0.05, 0.1) is 11.4 Å². The quantitative estimate of drug-likeness (QED) is 0.122. The summed E-state index contributed by atoms with van der Waals surface area (Å²) in [4.78, 5) is 14.1. The Bertz CT molecular complexity index is 4100. The Morgan fingerprint density at radius 1 is 0.311 bits per heavy atom. The van der Waals surface area contributed by atoms with Crippen LogP contribution in [0, 0.1) is 0 Å². The van der Waals surface area contributed by atoms with Gasteiger partial charge in [-0.1, -0.05) is 176 Å². The molecule has 4 heterocycles. The molecule has 0 bridgehead atoms. The highest BCUT2D eigenvalue weighted by molar-refractivity contribution is 6.06. The number of hydrogen-bond acceptors (Lipinski definition) is 4. The van der Waals surface area contributed by atoms with Gasteiger partial charge in [-0.05, 0) is 146 Å². The third kappa shape index (κ3) is 8.67. The Labute approximate surface area is 430 Å². The van der Waals surface area contributed by atoms with E-state index in [1.54, 1.807) is 0 Å². The number of hydrogen-bond donors (Lipinski definition) is 0. The molecule has 13 aromatic rings. The molecule has 0 fully saturated rings. The molecule has 0 spiro atoms. The van der Waals surface area contributed by atoms with E-state index in [2.05, 4.69) is 210 Å². The lowest BCUT2D eigenvalue weighted by Crippen LogP contribution is -1.97. The number of rotatable bonds is 12. The number of para-hydroxylation sites is 2. The molecule has 0 aliphatic heterocycles. The monoisotopic (exact) mass is 948 g/mol. The Kier molecular flexibility index (Phi) is 11.6. The molecule has 4 aromatic heterocycles. The average molecular weight is 949 g/mol. The zero-order valence-corrected chi connectivity index (χ0v) is 40.5. The predicted octanol–water partition coefficient (Wildman–Crippen LogP) is 17.7. The summed E-state index contributed by atoms with van der Waals surface area (Å²) in [6.07, 6.45) is 9.32. The van der Waals surface area contributed by atoms with Crippen LogP contribution in [0.5, 0.6) is 0 Å². The summed E-state index contributed by atoms with van der Waals surface area (Å²) < 4.78 is 8.63. The minimum Gasteiger partial charge on any atom is -0.456 e. The van der Waals surface area contributed by atoms with Gasteiger partial charge in [0.15, 0.2) is 0 Å². The van der Waals surface area contributed by atoms with E-state index in [0.29, 0.717) is 0 Å². The molecule has 0 unspecified atom stereocenters. The van der Waals surface area contributed by atoms with Crippen molar-refractivity contribution in [2.45, 2.75) is 12.8 Å². The van der Waals surface area contributed by atoms with Gasteiger partial charge in [-0.25, -0.2) is 4.98 Å². The second kappa shape index (κ2) is 19.5. The molecule has 5 heteroatoms. The van der Waals surface area contributed by atoms with Crippen molar-refractivity contribution in [1.82, 2.24) is 19.5 Å². The molecule has 350 valence electrons. The fourth-order valence-electron chi connectivity index (χ4n) is 10.5. The molecular formula is C69H48N4O. The fourth-order valence-corrected chi connectivity index (χ4v) is 10.5. The highest BCUT2D eigenvalue weighted by Crippen LogP contribution is 2.44. The number of nitrogens with zero attached hydrogens (tertiary/aromatic N) is 4. The molecule has 13 rings (SSSR count). The summed E-state index contributed by atoms with van der Waals surface area (Å²) in [6, 6.07) is 86.7. The van der Waals surface area contributed by atoms with Crippen molar-refractivity contribution < 1.29 is 4.42 Å². The maximum Gasteiger partial charge on any atom is 0.144 e. The number of imidazole rings is 1. The van der Waals surface area contributed by atoms with Crippen LogP contribution in [0.15, 0.2) is 272 Å². The molecule has 0 aliphatic carbocycles. The lowest BCUT2D eigenvalue weighted by atomic mass is 9.85. The van der Waals surface area contributed by atoms with Crippen molar-refractivity contribution in [3.8, 4) is 95.2 Å². The van der Waals surface area contributed by atoms with E-state index in [4.69, 9.17) is 14.4 Å². The smallest absolute Gasteiger partial charge is 0.144 e. The normalized spacial score (nSPS) is 11.4. The standard InChI is InChI=1S/C69H48N4O/c1-2-14-56(15-3-1)73-41-40-72-69(73)51-28-26-47(27-29-51)24-25-48-42-54(58-17-5-4-16-57(58)49-30-32-50(33-31-49)65-21-10-12-38-70-65)44-55(43-48)59-18-6-7-19-60(59)61-36-35-53(66-22-11-13-39-71-66)45-64(61)52-34-37-63-62-20-8-9-23-67(62)74-68(63)46-52/h1-23,26-46H,24-25H2. The van der Waals surface area contributed by atoms with Crippen LogP contribution in [0.1, 0.15) is 11.1 Å². The predicted molar refractivity (Wildman–Crippen MR) is 304 cm³/mol. The SMILES string of the molecule is c1ccc(-n2ccnc2-c2ccc(CCc3cc(-c4ccccc4-c4ccc(-c5ccccn5)cc4)cc(-c4ccccc4-c4ccc(-c5ccccn5)cc4-c4ccc5c(c4)oc4ccccc45)c3)cc2)cc1. The second-order valence-corrected chi connectivity index (χ2v) is 18.7. The van der Waals surface area contributed by atoms with E-state index < -0.39 is 0 Å². The van der Waals surface area contributed by atoms with Crippen molar-refractivity contribution in [1.29, 1.82) is 0 Å². The van der Waals surface area contributed by atoms with Gasteiger partial charge in [-0.3, -0.25) is 14.5 Å². The minimum atomic E-state index is 0.851. The molecule has 9 aromatic carbocycles. The molecule has 0 atom stereocenters. The second-order valence-electron chi connectivity index (χ2n) is 18.7. The van der Waals surface area contributed by atoms with Gasteiger partial charge >= 0.3 is 0 Å². The van der Waals surface area contributed by atoms with E-state index in [1.807, 2.05) is 67.3 Å². The van der Waals surface area contributed by atoms with Gasteiger partial charge < -0.3 is 4.42 Å². The van der Waals surface area contributed by atoms with Crippen LogP contribution in [-0.4, -0.2) is 19.5 Å². The van der Waals surface area contributed by atoms with Crippen LogP contribution < -0.4 is 0 Å². The Balaban J connectivity index is 0.919. The molecule has 0 N–H and O–H groups in total. The van der Waals surface area contributed by atoms with Crippen molar-refractivity contribution in [2.75, 3.05) is 0 Å². The number of benzene rings is 9. The number of pyridine rings is 2. The maximum absolute atomic E-state index is 6.48. The molecule has 0 saturated heterocycles. The van der Waals surface area contributed by atoms with Crippen LogP contribution in [0.4, 0.5) is 0 Å². The maximum atomic E-state index is 6.48. The first-order valence-corrected chi connectivity index (χ1v) is 25.2. The lowest BCUT2D eigenvalue weighted by Gasteiger charge is -2.18. The molecule has 74 heavy (non-hydrogen) atoms. The van der Waals surface area contributed by atoms with E-state index in [-0.39, 0.29) is 0 Å². The first kappa shape index (κ1) is 44.2. The number of furan rings is 1. The first-order valence-electron chi connectivity index (χ1n) is 25.2. The summed E-state index contributed by atoms with van der Waals surface area (Å²) in [5.74, 6) is 0.924. The van der Waals surface area contributed by atoms with E-state index in [1.165, 1.54) is 27.8 Å². The summed E-state index contributed by atoms with van der Waals surface area (Å²) in [5, 5.41) is 2.22. The van der Waals surface area contributed by atoms with Crippen molar-refractivity contribution in [3.05, 3.63) is 279 Å². The van der Waals surface area contributed by atoms with Crippen LogP contribution in [0.2, 0.25) is 0 Å². The third-order valence-corrected chi connectivity index (χ3v) is 14.2. The molecule has 0 aliphatic rings. The van der Waals surface area contributed by atoms with Crippen LogP contribution in [-0.2, 0) is 12.8 Å². The highest BCUT2D eigenvalue weighted by atomic mass is 16.3. The average Bonchev–Trinajstić information content (AvgIpc) is 4.14. The van der Waals surface area contributed by atoms with Crippen LogP contribution >= 0.6 is 0 Å². The number of aromatic nitrogens is 4. The van der Waals surface area contributed by atoms with Crippen LogP contribution in [0.25, 0.3) is 117 Å². The lowest BCUT2D eigenvalue weighted by molar-refractivity contribution is 0.669. The number of fused-ring (bicyclic) bond motifs is 3. The van der Waals surface area contributed by atoms with Gasteiger partial charge in [0.2, 0.25) is 0 Å². The van der Waals surface area contributed by atoms with Crippen LogP contribution in [0.3, 0.4) is 0 Å². The van der Waals surface area contributed by atoms with Gasteiger partial charge in [-0.2, -0.15) is 0 Å². The number of aryl methyl sites for hydroxylation is 2. The topological polar surface area (TPSA) is 56.7 Å². The first-order chi connectivity index (χ1) is 36.7. The Morgan fingerprint density at radius 2 is 0.865 bits per heavy atom. The molecule has 0 radical (unpaired) electrons. The van der Waals surface area contributed by atoms with Gasteiger partial charge in [0, 0.05) is 57.9 Å². The molecule has 0 amide bonds. The minimum absolute atomic E-state index is 0.851. The van der Waals surface area contributed by atoms with Gasteiger partial charge in [0.1, 0.15) is 17.0 Å². The van der Waals surface area contributed by atoms with Crippen molar-refractivity contribution in [2.24, 2.45) is 0 Å². The van der Waals surface area contributed by atoms with Crippen molar-refractivity contribution >= 4 is 21.9 Å². The van der Waals surface area contributed by atoms with Gasteiger partial charge in [-0.15, -0.1) is 0 Å². The fraction of sp³-hybridized carbons (Fsp3) is 0.0290. The summed E-state index contributed by atoms with van der Waals surface area (Å²) in [7, 11) is 0. The van der Waals surface area contributed by atoms with Crippen molar-refractivity contribution in [3.63, 3.8) is 0 Å². The summed E-state index contributed by atoms with van der Waals surface area (Å²) in [5.41, 5.74) is 21.9. The third-order valence-electron chi connectivity index (χ3n) is 14.2. The van der Waals surface area contributed by atoms with E-state index in [9.17, 15) is 0 Å². The zero-order chi connectivity index (χ0) is 49.2. The summed E-state index contributed by atoms with van der Waals surface area (Å²) in [6.45, 7) is 0. The van der Waals surface area contributed by atoms with E-state index >= 15 is 0 Å². The highest BCUT2D eigenvalue weighted by Gasteiger charge is 2.19. The zero-order valence-electron chi connectivity index (χ0n) is 40.5. The molecular weight excluding hydrogens is 901 g/mol. The largest absolute Gasteiger partial charge is 0.456 e. The van der Waals surface area contributed by atoms with Gasteiger partial charge in [0.25, 0.3) is 0 Å². The molecule has 0 saturated carbocycles. The Hall–Kier alpha value is -9.71. The summed E-state index contributed by atoms with van der Waals surface area (Å²) >= 11 is 0. The Morgan fingerprint density at radius 3 is 1.59 bits per heavy atom. The molecule has 5 nitrogen and oxygen atoms in total. The van der Waals surface area contributed by atoms with E-state index in [0.717, 1.165) is 113 Å².